The molecule has 0 radical (unpaired) electrons. The van der Waals surface area contributed by atoms with Gasteiger partial charge in [0.1, 0.15) is 12.6 Å². The molecule has 1 amide bonds. The van der Waals surface area contributed by atoms with E-state index in [0.29, 0.717) is 12.1 Å². The molecule has 32 heavy (non-hydrogen) atoms. The summed E-state index contributed by atoms with van der Waals surface area (Å²) in [7, 11) is 0. The van der Waals surface area contributed by atoms with Crippen LogP contribution < -0.4 is 5.32 Å². The van der Waals surface area contributed by atoms with Gasteiger partial charge in [0, 0.05) is 18.3 Å². The number of non-ortho nitro benzene ring substituents is 1. The summed E-state index contributed by atoms with van der Waals surface area (Å²) in [6.07, 6.45) is 1.99. The van der Waals surface area contributed by atoms with E-state index in [1.165, 1.54) is 35.0 Å². The summed E-state index contributed by atoms with van der Waals surface area (Å²) in [5.41, 5.74) is 1.50. The molecule has 0 fully saturated rings. The zero-order chi connectivity index (χ0) is 23.1. The van der Waals surface area contributed by atoms with E-state index in [-0.39, 0.29) is 23.9 Å². The molecule has 9 nitrogen and oxygen atoms in total. The van der Waals surface area contributed by atoms with Crippen molar-refractivity contribution in [3.05, 3.63) is 88.2 Å². The third-order valence-corrected chi connectivity index (χ3v) is 4.67. The zero-order valence-corrected chi connectivity index (χ0v) is 17.8. The van der Waals surface area contributed by atoms with Crippen LogP contribution >= 0.6 is 0 Å². The summed E-state index contributed by atoms with van der Waals surface area (Å²) in [6, 6.07) is 15.8. The third-order valence-electron chi connectivity index (χ3n) is 4.67. The molecule has 0 saturated carbocycles. The van der Waals surface area contributed by atoms with Crippen molar-refractivity contribution in [2.45, 2.75) is 32.9 Å². The van der Waals surface area contributed by atoms with Crippen molar-refractivity contribution >= 4 is 17.6 Å². The van der Waals surface area contributed by atoms with Crippen LogP contribution in [0.1, 0.15) is 36.3 Å². The highest BCUT2D eigenvalue weighted by atomic mass is 16.6. The highest BCUT2D eigenvalue weighted by molar-refractivity contribution is 5.95. The Balaban J connectivity index is 1.66. The van der Waals surface area contributed by atoms with E-state index in [0.717, 1.165) is 5.56 Å². The number of nitrogens with zero attached hydrogens (tertiary/aromatic N) is 3. The molecule has 0 saturated heterocycles. The summed E-state index contributed by atoms with van der Waals surface area (Å²) in [4.78, 5) is 35.6. The second kappa shape index (κ2) is 10.3. The lowest BCUT2D eigenvalue weighted by Crippen LogP contribution is -2.42. The number of hydrogen-bond acceptors (Lipinski definition) is 6. The molecule has 3 rings (SSSR count). The van der Waals surface area contributed by atoms with Crippen LogP contribution in [0.4, 0.5) is 5.69 Å². The van der Waals surface area contributed by atoms with E-state index in [9.17, 15) is 19.7 Å². The lowest BCUT2D eigenvalue weighted by Gasteiger charge is -2.19. The Morgan fingerprint density at radius 3 is 2.41 bits per heavy atom. The first-order valence-corrected chi connectivity index (χ1v) is 10.2. The van der Waals surface area contributed by atoms with Gasteiger partial charge >= 0.3 is 5.97 Å². The number of rotatable bonds is 9. The maximum absolute atomic E-state index is 12.7. The van der Waals surface area contributed by atoms with Crippen molar-refractivity contribution < 1.29 is 19.2 Å². The SMILES string of the molecule is CC(C)C[C@H](NC(=O)c1ccn(-c2ccc([N+](=O)[O-])cc2)n1)C(=O)OCc1ccccc1. The number of ether oxygens (including phenoxy) is 1. The van der Waals surface area contributed by atoms with E-state index < -0.39 is 22.8 Å². The molecule has 0 aliphatic rings. The van der Waals surface area contributed by atoms with Crippen LogP contribution in [-0.2, 0) is 16.1 Å². The van der Waals surface area contributed by atoms with Gasteiger partial charge < -0.3 is 10.1 Å². The first-order valence-electron chi connectivity index (χ1n) is 10.2. The Morgan fingerprint density at radius 2 is 1.78 bits per heavy atom. The van der Waals surface area contributed by atoms with Crippen molar-refractivity contribution in [1.29, 1.82) is 0 Å². The molecule has 3 aromatic rings. The van der Waals surface area contributed by atoms with Gasteiger partial charge in [-0.2, -0.15) is 5.10 Å². The van der Waals surface area contributed by atoms with Gasteiger partial charge in [0.15, 0.2) is 5.69 Å². The summed E-state index contributed by atoms with van der Waals surface area (Å²) in [6.45, 7) is 4.03. The Morgan fingerprint density at radius 1 is 1.09 bits per heavy atom. The fourth-order valence-electron chi connectivity index (χ4n) is 3.06. The minimum Gasteiger partial charge on any atom is -0.459 e. The van der Waals surface area contributed by atoms with Gasteiger partial charge in [0.2, 0.25) is 0 Å². The van der Waals surface area contributed by atoms with Gasteiger partial charge in [-0.1, -0.05) is 44.2 Å². The number of hydrogen-bond donors (Lipinski definition) is 1. The highest BCUT2D eigenvalue weighted by Gasteiger charge is 2.25. The second-order valence-corrected chi connectivity index (χ2v) is 7.67. The monoisotopic (exact) mass is 436 g/mol. The Kier molecular flexibility index (Phi) is 7.33. The number of carbonyl (C=O) groups is 2. The molecule has 1 heterocycles. The van der Waals surface area contributed by atoms with Crippen molar-refractivity contribution in [1.82, 2.24) is 15.1 Å². The molecule has 9 heteroatoms. The molecule has 0 spiro atoms. The van der Waals surface area contributed by atoms with E-state index in [4.69, 9.17) is 4.74 Å². The predicted molar refractivity (Wildman–Crippen MR) is 117 cm³/mol. The molecule has 0 unspecified atom stereocenters. The average molecular weight is 436 g/mol. The molecule has 1 N–H and O–H groups in total. The number of aromatic nitrogens is 2. The minimum atomic E-state index is -0.810. The number of nitrogens with one attached hydrogen (secondary N) is 1. The van der Waals surface area contributed by atoms with Crippen LogP contribution in [0.15, 0.2) is 66.9 Å². The van der Waals surface area contributed by atoms with Gasteiger partial charge in [-0.05, 0) is 36.1 Å². The van der Waals surface area contributed by atoms with Crippen molar-refractivity contribution in [2.75, 3.05) is 0 Å². The summed E-state index contributed by atoms with van der Waals surface area (Å²) in [5.74, 6) is -0.860. The molecular formula is C23H24N4O5. The fourth-order valence-corrected chi connectivity index (χ4v) is 3.06. The summed E-state index contributed by atoms with van der Waals surface area (Å²) in [5, 5.41) is 17.7. The lowest BCUT2D eigenvalue weighted by molar-refractivity contribution is -0.384. The Labute approximate surface area is 185 Å². The Hall–Kier alpha value is -4.01. The van der Waals surface area contributed by atoms with Crippen LogP contribution in [0.25, 0.3) is 5.69 Å². The number of benzene rings is 2. The number of esters is 1. The largest absolute Gasteiger partial charge is 0.459 e. The molecular weight excluding hydrogens is 412 g/mol. The van der Waals surface area contributed by atoms with Crippen molar-refractivity contribution in [2.24, 2.45) is 5.92 Å². The number of amides is 1. The predicted octanol–water partition coefficient (Wildman–Crippen LogP) is 3.67. The van der Waals surface area contributed by atoms with Gasteiger partial charge in [-0.25, -0.2) is 9.48 Å². The van der Waals surface area contributed by atoms with Crippen molar-refractivity contribution in [3.63, 3.8) is 0 Å². The Bertz CT molecular complexity index is 1080. The standard InChI is InChI=1S/C23H24N4O5/c1-16(2)14-21(23(29)32-15-17-6-4-3-5-7-17)24-22(28)20-12-13-26(25-20)18-8-10-19(11-9-18)27(30)31/h3-13,16,21H,14-15H2,1-2H3,(H,24,28)/t21-/m0/s1. The maximum Gasteiger partial charge on any atom is 0.328 e. The fraction of sp³-hybridized carbons (Fsp3) is 0.261. The van der Waals surface area contributed by atoms with E-state index in [1.807, 2.05) is 44.2 Å². The molecule has 0 aliphatic carbocycles. The van der Waals surface area contributed by atoms with Gasteiger partial charge in [-0.3, -0.25) is 14.9 Å². The molecule has 0 bridgehead atoms. The summed E-state index contributed by atoms with van der Waals surface area (Å²) < 4.78 is 6.83. The third kappa shape index (κ3) is 6.00. The van der Waals surface area contributed by atoms with Crippen LogP contribution in [0.3, 0.4) is 0 Å². The minimum absolute atomic E-state index is 0.0376. The molecule has 1 aromatic heterocycles. The molecule has 2 aromatic carbocycles. The van der Waals surface area contributed by atoms with Crippen LogP contribution in [-0.4, -0.2) is 32.6 Å². The van der Waals surface area contributed by atoms with E-state index in [1.54, 1.807) is 6.20 Å². The molecule has 1 atom stereocenters. The smallest absolute Gasteiger partial charge is 0.328 e. The molecule has 0 aliphatic heterocycles. The van der Waals surface area contributed by atoms with E-state index in [2.05, 4.69) is 10.4 Å². The zero-order valence-electron chi connectivity index (χ0n) is 17.8. The quantitative estimate of drug-likeness (QED) is 0.311. The van der Waals surface area contributed by atoms with Crippen LogP contribution in [0.5, 0.6) is 0 Å². The number of nitro groups is 1. The van der Waals surface area contributed by atoms with Gasteiger partial charge in [-0.15, -0.1) is 0 Å². The number of nitro benzene ring substituents is 1. The maximum atomic E-state index is 12.7. The average Bonchev–Trinajstić information content (AvgIpc) is 3.28. The summed E-state index contributed by atoms with van der Waals surface area (Å²) >= 11 is 0. The highest BCUT2D eigenvalue weighted by Crippen LogP contribution is 2.15. The number of carbonyl (C=O) groups excluding carboxylic acids is 2. The topological polar surface area (TPSA) is 116 Å². The van der Waals surface area contributed by atoms with Crippen LogP contribution in [0.2, 0.25) is 0 Å². The van der Waals surface area contributed by atoms with Gasteiger partial charge in [0.25, 0.3) is 11.6 Å². The van der Waals surface area contributed by atoms with Crippen LogP contribution in [0, 0.1) is 16.0 Å². The van der Waals surface area contributed by atoms with Crippen molar-refractivity contribution in [3.8, 4) is 5.69 Å². The lowest BCUT2D eigenvalue weighted by atomic mass is 10.0. The van der Waals surface area contributed by atoms with E-state index >= 15 is 0 Å². The molecule has 166 valence electrons. The first-order chi connectivity index (χ1) is 15.3. The second-order valence-electron chi connectivity index (χ2n) is 7.67. The van der Waals surface area contributed by atoms with Gasteiger partial charge in [0.05, 0.1) is 10.6 Å². The first kappa shape index (κ1) is 22.7. The normalized spacial score (nSPS) is 11.7.